The summed E-state index contributed by atoms with van der Waals surface area (Å²) in [5.74, 6) is -0.876. The molecule has 1 unspecified atom stereocenters. The van der Waals surface area contributed by atoms with Crippen LogP contribution in [0.4, 0.5) is 0 Å². The summed E-state index contributed by atoms with van der Waals surface area (Å²) in [5.41, 5.74) is 0.697. The maximum Gasteiger partial charge on any atom is 0.320 e. The van der Waals surface area contributed by atoms with Gasteiger partial charge in [-0.25, -0.2) is 0 Å². The molecule has 2 N–H and O–H groups in total. The molecule has 0 saturated heterocycles. The van der Waals surface area contributed by atoms with Gasteiger partial charge in [-0.1, -0.05) is 5.16 Å². The monoisotopic (exact) mass is 170 g/mol. The van der Waals surface area contributed by atoms with E-state index in [9.17, 15) is 4.79 Å². The molecule has 1 atom stereocenters. The predicted molar refractivity (Wildman–Crippen MR) is 40.4 cm³/mol. The maximum atomic E-state index is 10.4. The molecule has 66 valence electrons. The Morgan fingerprint density at radius 2 is 2.67 bits per heavy atom. The highest BCUT2D eigenvalue weighted by atomic mass is 16.5. The molecule has 1 heterocycles. The highest BCUT2D eigenvalue weighted by molar-refractivity contribution is 5.72. The average molecular weight is 170 g/mol. The molecule has 1 aromatic heterocycles. The molecule has 0 radical (unpaired) electrons. The van der Waals surface area contributed by atoms with Crippen molar-refractivity contribution in [2.75, 3.05) is 0 Å². The lowest BCUT2D eigenvalue weighted by Gasteiger charge is -2.05. The highest BCUT2D eigenvalue weighted by Crippen LogP contribution is 1.94. The van der Waals surface area contributed by atoms with E-state index in [4.69, 9.17) is 5.11 Å². The van der Waals surface area contributed by atoms with Gasteiger partial charge in [-0.3, -0.25) is 10.1 Å². The zero-order chi connectivity index (χ0) is 8.97. The summed E-state index contributed by atoms with van der Waals surface area (Å²) in [6.45, 7) is 1.98. The van der Waals surface area contributed by atoms with Crippen LogP contribution >= 0.6 is 0 Å². The molecule has 12 heavy (non-hydrogen) atoms. The second-order valence-corrected chi connectivity index (χ2v) is 2.43. The molecule has 1 rings (SSSR count). The van der Waals surface area contributed by atoms with Crippen LogP contribution < -0.4 is 5.32 Å². The molecule has 0 aromatic carbocycles. The summed E-state index contributed by atoms with van der Waals surface area (Å²) in [4.78, 5) is 10.4. The summed E-state index contributed by atoms with van der Waals surface area (Å²) in [7, 11) is 0. The van der Waals surface area contributed by atoms with Gasteiger partial charge in [0.15, 0.2) is 0 Å². The van der Waals surface area contributed by atoms with E-state index in [0.29, 0.717) is 12.2 Å². The second kappa shape index (κ2) is 3.87. The predicted octanol–water partition coefficient (Wildman–Crippen LogP) is 0.237. The Morgan fingerprint density at radius 3 is 3.17 bits per heavy atom. The van der Waals surface area contributed by atoms with E-state index in [1.807, 2.05) is 0 Å². The first kappa shape index (κ1) is 8.73. The lowest BCUT2D eigenvalue weighted by molar-refractivity contribution is -0.139. The van der Waals surface area contributed by atoms with E-state index in [2.05, 4.69) is 15.0 Å². The number of nitrogens with one attached hydrogen (secondary N) is 1. The molecule has 0 aliphatic rings. The Labute approximate surface area is 69.4 Å². The lowest BCUT2D eigenvalue weighted by Crippen LogP contribution is -2.33. The number of carbonyl (C=O) groups is 1. The van der Waals surface area contributed by atoms with Gasteiger partial charge in [0.05, 0.1) is 5.69 Å². The van der Waals surface area contributed by atoms with E-state index in [1.165, 1.54) is 6.26 Å². The van der Waals surface area contributed by atoms with Crippen LogP contribution in [0.15, 0.2) is 16.9 Å². The van der Waals surface area contributed by atoms with Crippen LogP contribution in [0.25, 0.3) is 0 Å². The largest absolute Gasteiger partial charge is 0.480 e. The van der Waals surface area contributed by atoms with Crippen molar-refractivity contribution in [1.82, 2.24) is 10.5 Å². The van der Waals surface area contributed by atoms with Crippen molar-refractivity contribution in [3.63, 3.8) is 0 Å². The van der Waals surface area contributed by atoms with Crippen molar-refractivity contribution in [3.05, 3.63) is 18.0 Å². The number of rotatable bonds is 4. The van der Waals surface area contributed by atoms with Gasteiger partial charge in [-0.15, -0.1) is 0 Å². The molecule has 5 nitrogen and oxygen atoms in total. The Kier molecular flexibility index (Phi) is 2.82. The first-order valence-electron chi connectivity index (χ1n) is 3.55. The fourth-order valence-electron chi connectivity index (χ4n) is 0.674. The van der Waals surface area contributed by atoms with Crippen LogP contribution in [0.3, 0.4) is 0 Å². The van der Waals surface area contributed by atoms with Gasteiger partial charge in [-0.05, 0) is 6.92 Å². The number of nitrogens with zero attached hydrogens (tertiary/aromatic N) is 1. The second-order valence-electron chi connectivity index (χ2n) is 2.43. The van der Waals surface area contributed by atoms with Gasteiger partial charge in [0, 0.05) is 12.6 Å². The fraction of sp³-hybridized carbons (Fsp3) is 0.429. The third kappa shape index (κ3) is 2.35. The molecule has 0 spiro atoms. The number of hydrogen-bond acceptors (Lipinski definition) is 4. The van der Waals surface area contributed by atoms with Crippen molar-refractivity contribution in [1.29, 1.82) is 0 Å². The third-order valence-electron chi connectivity index (χ3n) is 1.45. The summed E-state index contributed by atoms with van der Waals surface area (Å²) in [5, 5.41) is 14.9. The number of aromatic nitrogens is 1. The van der Waals surface area contributed by atoms with Gasteiger partial charge in [-0.2, -0.15) is 0 Å². The van der Waals surface area contributed by atoms with E-state index in [0.717, 1.165) is 0 Å². The van der Waals surface area contributed by atoms with Crippen LogP contribution in [0.2, 0.25) is 0 Å². The zero-order valence-corrected chi connectivity index (χ0v) is 6.65. The van der Waals surface area contributed by atoms with Crippen molar-refractivity contribution in [3.8, 4) is 0 Å². The lowest BCUT2D eigenvalue weighted by atomic mass is 10.3. The normalized spacial score (nSPS) is 12.8. The van der Waals surface area contributed by atoms with Crippen LogP contribution in [0, 0.1) is 0 Å². The molecule has 0 aliphatic heterocycles. The summed E-state index contributed by atoms with van der Waals surface area (Å²) in [6.07, 6.45) is 1.45. The summed E-state index contributed by atoms with van der Waals surface area (Å²) < 4.78 is 4.57. The van der Waals surface area contributed by atoms with E-state index in [1.54, 1.807) is 13.0 Å². The quantitative estimate of drug-likeness (QED) is 0.676. The van der Waals surface area contributed by atoms with Gasteiger partial charge in [0.2, 0.25) is 0 Å². The van der Waals surface area contributed by atoms with Gasteiger partial charge >= 0.3 is 5.97 Å². The molecule has 5 heteroatoms. The van der Waals surface area contributed by atoms with Crippen molar-refractivity contribution in [2.45, 2.75) is 19.5 Å². The van der Waals surface area contributed by atoms with Crippen molar-refractivity contribution < 1.29 is 14.4 Å². The molecule has 0 fully saturated rings. The molecule has 0 saturated carbocycles. The van der Waals surface area contributed by atoms with Crippen molar-refractivity contribution >= 4 is 5.97 Å². The zero-order valence-electron chi connectivity index (χ0n) is 6.65. The molecule has 1 aromatic rings. The minimum atomic E-state index is -0.876. The first-order chi connectivity index (χ1) is 5.70. The number of hydrogen-bond donors (Lipinski definition) is 2. The van der Waals surface area contributed by atoms with Crippen LogP contribution in [0.5, 0.6) is 0 Å². The molecular formula is C7H10N2O3. The number of carboxylic acid groups (broad SMARTS) is 1. The van der Waals surface area contributed by atoms with E-state index in [-0.39, 0.29) is 0 Å². The summed E-state index contributed by atoms with van der Waals surface area (Å²) in [6, 6.07) is 1.11. The van der Waals surface area contributed by atoms with Crippen LogP contribution in [-0.2, 0) is 11.3 Å². The topological polar surface area (TPSA) is 75.4 Å². The minimum Gasteiger partial charge on any atom is -0.480 e. The number of carboxylic acids is 1. The fourth-order valence-corrected chi connectivity index (χ4v) is 0.674. The van der Waals surface area contributed by atoms with E-state index >= 15 is 0 Å². The molecule has 0 bridgehead atoms. The van der Waals surface area contributed by atoms with E-state index < -0.39 is 12.0 Å². The number of aliphatic carboxylic acids is 1. The average Bonchev–Trinajstić information content (AvgIpc) is 2.51. The molecule has 0 amide bonds. The highest BCUT2D eigenvalue weighted by Gasteiger charge is 2.09. The molecular weight excluding hydrogens is 160 g/mol. The van der Waals surface area contributed by atoms with Gasteiger partial charge in [0.25, 0.3) is 0 Å². The summed E-state index contributed by atoms with van der Waals surface area (Å²) >= 11 is 0. The Bertz CT molecular complexity index is 245. The Hall–Kier alpha value is -1.36. The van der Waals surface area contributed by atoms with Crippen LogP contribution in [-0.4, -0.2) is 22.3 Å². The Balaban J connectivity index is 2.31. The van der Waals surface area contributed by atoms with Gasteiger partial charge < -0.3 is 9.63 Å². The maximum absolute atomic E-state index is 10.4. The SMILES string of the molecule is CC(NCc1ccon1)C(=O)O. The standard InChI is InChI=1S/C7H10N2O3/c1-5(7(10)11)8-4-6-2-3-12-9-6/h2-3,5,8H,4H2,1H3,(H,10,11). The van der Waals surface area contributed by atoms with Crippen LogP contribution in [0.1, 0.15) is 12.6 Å². The minimum absolute atomic E-state index is 0.407. The smallest absolute Gasteiger partial charge is 0.320 e. The van der Waals surface area contributed by atoms with Gasteiger partial charge in [0.1, 0.15) is 12.3 Å². The van der Waals surface area contributed by atoms with Crippen molar-refractivity contribution in [2.24, 2.45) is 0 Å². The Morgan fingerprint density at radius 1 is 1.92 bits per heavy atom. The third-order valence-corrected chi connectivity index (χ3v) is 1.45. The molecule has 0 aliphatic carbocycles. The first-order valence-corrected chi connectivity index (χ1v) is 3.55.